The van der Waals surface area contributed by atoms with Crippen LogP contribution in [-0.2, 0) is 10.0 Å². The van der Waals surface area contributed by atoms with Crippen LogP contribution in [0.3, 0.4) is 0 Å². The smallest absolute Gasteiger partial charge is 0.339 e. The maximum Gasteiger partial charge on any atom is 0.339 e. The molecule has 0 aromatic carbocycles. The highest BCUT2D eigenvalue weighted by molar-refractivity contribution is 7.88. The Hall–Kier alpha value is -1.67. The van der Waals surface area contributed by atoms with Gasteiger partial charge in [-0.25, -0.2) is 13.2 Å². The second kappa shape index (κ2) is 5.61. The number of aryl methyl sites for hydroxylation is 2. The van der Waals surface area contributed by atoms with Gasteiger partial charge in [0.2, 0.25) is 10.0 Å². The van der Waals surface area contributed by atoms with Gasteiger partial charge in [-0.05, 0) is 19.9 Å². The molecule has 0 saturated carbocycles. The zero-order chi connectivity index (χ0) is 15.8. The van der Waals surface area contributed by atoms with E-state index < -0.39 is 16.0 Å². The van der Waals surface area contributed by atoms with E-state index in [-0.39, 0.29) is 5.56 Å². The van der Waals surface area contributed by atoms with Gasteiger partial charge in [0, 0.05) is 31.9 Å². The quantitative estimate of drug-likeness (QED) is 0.873. The molecule has 0 radical (unpaired) electrons. The first kappa shape index (κ1) is 15.7. The average Bonchev–Trinajstić information content (AvgIpc) is 2.36. The Labute approximate surface area is 124 Å². The number of carboxylic acid groups (broad SMARTS) is 1. The van der Waals surface area contributed by atoms with E-state index in [1.165, 1.54) is 10.6 Å². The Balaban J connectivity index is 2.30. The van der Waals surface area contributed by atoms with Crippen LogP contribution in [0.15, 0.2) is 6.07 Å². The van der Waals surface area contributed by atoms with Crippen molar-refractivity contribution in [3.63, 3.8) is 0 Å². The fourth-order valence-corrected chi connectivity index (χ4v) is 3.41. The maximum absolute atomic E-state index is 11.5. The molecule has 7 nitrogen and oxygen atoms in total. The Morgan fingerprint density at radius 2 is 1.81 bits per heavy atom. The molecule has 116 valence electrons. The monoisotopic (exact) mass is 313 g/mol. The number of piperazine rings is 1. The number of carboxylic acids is 1. The highest BCUT2D eigenvalue weighted by Gasteiger charge is 2.27. The molecule has 21 heavy (non-hydrogen) atoms. The summed E-state index contributed by atoms with van der Waals surface area (Å²) in [5, 5.41) is 9.38. The largest absolute Gasteiger partial charge is 0.478 e. The van der Waals surface area contributed by atoms with Crippen molar-refractivity contribution < 1.29 is 18.3 Å². The van der Waals surface area contributed by atoms with Gasteiger partial charge >= 0.3 is 5.97 Å². The lowest BCUT2D eigenvalue weighted by Gasteiger charge is -2.35. The molecular weight excluding hydrogens is 294 g/mol. The molecule has 0 amide bonds. The lowest BCUT2D eigenvalue weighted by atomic mass is 10.1. The summed E-state index contributed by atoms with van der Waals surface area (Å²) in [6.07, 6.45) is 1.19. The number of pyridine rings is 1. The summed E-state index contributed by atoms with van der Waals surface area (Å²) in [7, 11) is -3.20. The number of nitrogens with zero attached hydrogens (tertiary/aromatic N) is 3. The van der Waals surface area contributed by atoms with E-state index >= 15 is 0 Å². The first-order chi connectivity index (χ1) is 9.70. The second-order valence-electron chi connectivity index (χ2n) is 5.20. The number of hydrogen-bond acceptors (Lipinski definition) is 5. The summed E-state index contributed by atoms with van der Waals surface area (Å²) < 4.78 is 24.4. The van der Waals surface area contributed by atoms with Gasteiger partial charge in [-0.2, -0.15) is 4.31 Å². The summed E-state index contributed by atoms with van der Waals surface area (Å²) in [4.78, 5) is 17.5. The fourth-order valence-electron chi connectivity index (χ4n) is 2.58. The summed E-state index contributed by atoms with van der Waals surface area (Å²) >= 11 is 0. The molecular formula is C13H19N3O4S. The number of aromatic carboxylic acids is 1. The molecule has 1 aliphatic heterocycles. The third kappa shape index (κ3) is 3.33. The van der Waals surface area contributed by atoms with E-state index in [0.717, 1.165) is 5.69 Å². The third-order valence-electron chi connectivity index (χ3n) is 3.57. The van der Waals surface area contributed by atoms with E-state index in [1.54, 1.807) is 13.0 Å². The topological polar surface area (TPSA) is 90.8 Å². The van der Waals surface area contributed by atoms with Gasteiger partial charge in [0.05, 0.1) is 17.6 Å². The predicted octanol–water partition coefficient (Wildman–Crippen LogP) is 0.478. The minimum Gasteiger partial charge on any atom is -0.478 e. The van der Waals surface area contributed by atoms with Crippen LogP contribution in [0.25, 0.3) is 0 Å². The van der Waals surface area contributed by atoms with Gasteiger partial charge in [-0.3, -0.25) is 4.98 Å². The van der Waals surface area contributed by atoms with Crippen LogP contribution in [0, 0.1) is 13.8 Å². The lowest BCUT2D eigenvalue weighted by molar-refractivity contribution is 0.0696. The van der Waals surface area contributed by atoms with Crippen LogP contribution >= 0.6 is 0 Å². The molecule has 1 fully saturated rings. The minimum absolute atomic E-state index is 0.188. The predicted molar refractivity (Wildman–Crippen MR) is 79.3 cm³/mol. The van der Waals surface area contributed by atoms with E-state index in [4.69, 9.17) is 0 Å². The van der Waals surface area contributed by atoms with Crippen molar-refractivity contribution in [2.45, 2.75) is 13.8 Å². The van der Waals surface area contributed by atoms with Gasteiger partial charge < -0.3 is 10.0 Å². The molecule has 8 heteroatoms. The molecule has 1 N–H and O–H groups in total. The second-order valence-corrected chi connectivity index (χ2v) is 7.18. The highest BCUT2D eigenvalue weighted by Crippen LogP contribution is 2.25. The Morgan fingerprint density at radius 1 is 1.24 bits per heavy atom. The van der Waals surface area contributed by atoms with Gasteiger partial charge in [0.25, 0.3) is 0 Å². The van der Waals surface area contributed by atoms with Gasteiger partial charge in [-0.1, -0.05) is 0 Å². The SMILES string of the molecule is Cc1cc(N2CCN(S(C)(=O)=O)CC2)c(C(=O)O)c(C)n1. The standard InChI is InChI=1S/C13H19N3O4S/c1-9-8-11(12(13(17)18)10(2)14-9)15-4-6-16(7-5-15)21(3,19)20/h8H,4-7H2,1-3H3,(H,17,18). The summed E-state index contributed by atoms with van der Waals surface area (Å²) in [6.45, 7) is 5.14. The molecule has 0 unspecified atom stereocenters. The van der Waals surface area contributed by atoms with Crippen LogP contribution in [0.2, 0.25) is 0 Å². The Morgan fingerprint density at radius 3 is 2.29 bits per heavy atom. The van der Waals surface area contributed by atoms with Crippen molar-refractivity contribution in [3.05, 3.63) is 23.0 Å². The van der Waals surface area contributed by atoms with E-state index in [1.807, 2.05) is 11.8 Å². The molecule has 2 rings (SSSR count). The van der Waals surface area contributed by atoms with Crippen LogP contribution in [0.4, 0.5) is 5.69 Å². The van der Waals surface area contributed by atoms with E-state index in [2.05, 4.69) is 4.98 Å². The highest BCUT2D eigenvalue weighted by atomic mass is 32.2. The lowest BCUT2D eigenvalue weighted by Crippen LogP contribution is -2.48. The average molecular weight is 313 g/mol. The molecule has 1 saturated heterocycles. The van der Waals surface area contributed by atoms with E-state index in [0.29, 0.717) is 37.6 Å². The Bertz CT molecular complexity index is 664. The molecule has 0 aliphatic carbocycles. The zero-order valence-corrected chi connectivity index (χ0v) is 13.1. The molecule has 0 bridgehead atoms. The summed E-state index contributed by atoms with van der Waals surface area (Å²) in [5.74, 6) is -1.01. The van der Waals surface area contributed by atoms with Crippen LogP contribution in [0.1, 0.15) is 21.7 Å². The number of sulfonamides is 1. The van der Waals surface area contributed by atoms with Crippen LogP contribution in [0.5, 0.6) is 0 Å². The molecule has 1 aromatic heterocycles. The number of rotatable bonds is 3. The van der Waals surface area contributed by atoms with Crippen molar-refractivity contribution in [1.29, 1.82) is 0 Å². The maximum atomic E-state index is 11.5. The fraction of sp³-hybridized carbons (Fsp3) is 0.538. The van der Waals surface area contributed by atoms with Gasteiger partial charge in [0.1, 0.15) is 5.56 Å². The van der Waals surface area contributed by atoms with Crippen LogP contribution in [-0.4, -0.2) is 61.2 Å². The number of anilines is 1. The normalized spacial score (nSPS) is 17.0. The van der Waals surface area contributed by atoms with Crippen molar-refractivity contribution in [2.24, 2.45) is 0 Å². The molecule has 0 spiro atoms. The molecule has 0 atom stereocenters. The van der Waals surface area contributed by atoms with Crippen LogP contribution < -0.4 is 4.90 Å². The van der Waals surface area contributed by atoms with E-state index in [9.17, 15) is 18.3 Å². The molecule has 2 heterocycles. The number of aromatic nitrogens is 1. The van der Waals surface area contributed by atoms with Crippen molar-refractivity contribution in [3.8, 4) is 0 Å². The number of carbonyl (C=O) groups is 1. The zero-order valence-electron chi connectivity index (χ0n) is 12.3. The summed E-state index contributed by atoms with van der Waals surface area (Å²) in [5.41, 5.74) is 2.02. The van der Waals surface area contributed by atoms with Crippen molar-refractivity contribution in [2.75, 3.05) is 37.3 Å². The van der Waals surface area contributed by atoms with Gasteiger partial charge in [0.15, 0.2) is 0 Å². The molecule has 1 aromatic rings. The van der Waals surface area contributed by atoms with Crippen molar-refractivity contribution in [1.82, 2.24) is 9.29 Å². The first-order valence-electron chi connectivity index (χ1n) is 6.61. The summed E-state index contributed by atoms with van der Waals surface area (Å²) in [6, 6.07) is 1.74. The van der Waals surface area contributed by atoms with Gasteiger partial charge in [-0.15, -0.1) is 0 Å². The number of hydrogen-bond donors (Lipinski definition) is 1. The van der Waals surface area contributed by atoms with Crippen molar-refractivity contribution >= 4 is 21.7 Å². The Kier molecular flexibility index (Phi) is 4.20. The third-order valence-corrected chi connectivity index (χ3v) is 4.87. The minimum atomic E-state index is -3.20. The first-order valence-corrected chi connectivity index (χ1v) is 8.46. The molecule has 1 aliphatic rings.